The molecule has 1 aromatic heterocycles. The molecule has 1 heterocycles. The molecular weight excluding hydrogens is 190 g/mol. The highest BCUT2D eigenvalue weighted by molar-refractivity contribution is 5.78. The highest BCUT2D eigenvalue weighted by Gasteiger charge is 2.10. The van der Waals surface area contributed by atoms with E-state index in [0.29, 0.717) is 13.1 Å². The van der Waals surface area contributed by atoms with E-state index in [4.69, 9.17) is 5.73 Å². The summed E-state index contributed by atoms with van der Waals surface area (Å²) in [6.07, 6.45) is 3.51. The van der Waals surface area contributed by atoms with E-state index in [-0.39, 0.29) is 11.8 Å². The Balaban J connectivity index is 2.51. The van der Waals surface area contributed by atoms with Gasteiger partial charge in [0.2, 0.25) is 5.91 Å². The Morgan fingerprint density at radius 2 is 2.40 bits per heavy atom. The van der Waals surface area contributed by atoms with Crippen molar-refractivity contribution in [1.29, 1.82) is 0 Å². The molecular formula is C11H17N3O. The minimum atomic E-state index is -0.137. The monoisotopic (exact) mass is 207 g/mol. The van der Waals surface area contributed by atoms with Gasteiger partial charge in [-0.15, -0.1) is 0 Å². The number of hydrogen-bond acceptors (Lipinski definition) is 3. The molecule has 1 unspecified atom stereocenters. The van der Waals surface area contributed by atoms with Gasteiger partial charge in [-0.05, 0) is 24.1 Å². The van der Waals surface area contributed by atoms with Crippen LogP contribution in [0.4, 0.5) is 0 Å². The summed E-state index contributed by atoms with van der Waals surface area (Å²) in [4.78, 5) is 15.5. The molecule has 0 saturated carbocycles. The lowest BCUT2D eigenvalue weighted by atomic mass is 10.1. The minimum absolute atomic E-state index is 0.0132. The van der Waals surface area contributed by atoms with Gasteiger partial charge in [0.1, 0.15) is 0 Å². The second kappa shape index (κ2) is 5.46. The van der Waals surface area contributed by atoms with Crippen LogP contribution in [-0.2, 0) is 11.3 Å². The fourth-order valence-corrected chi connectivity index (χ4v) is 1.15. The van der Waals surface area contributed by atoms with E-state index in [9.17, 15) is 4.79 Å². The van der Waals surface area contributed by atoms with E-state index < -0.39 is 0 Å². The van der Waals surface area contributed by atoms with Crippen molar-refractivity contribution in [2.45, 2.75) is 20.4 Å². The maximum atomic E-state index is 11.4. The Hall–Kier alpha value is -1.42. The topological polar surface area (TPSA) is 68.0 Å². The number of nitrogens with zero attached hydrogens (tertiary/aromatic N) is 1. The van der Waals surface area contributed by atoms with Crippen molar-refractivity contribution in [2.24, 2.45) is 11.7 Å². The Kier molecular flexibility index (Phi) is 4.24. The molecule has 0 spiro atoms. The molecule has 0 fully saturated rings. The summed E-state index contributed by atoms with van der Waals surface area (Å²) in [5.41, 5.74) is 7.57. The quantitative estimate of drug-likeness (QED) is 0.759. The van der Waals surface area contributed by atoms with Gasteiger partial charge < -0.3 is 11.1 Å². The first-order valence-electron chi connectivity index (χ1n) is 5.02. The van der Waals surface area contributed by atoms with Crippen molar-refractivity contribution in [3.05, 3.63) is 29.6 Å². The first-order chi connectivity index (χ1) is 7.15. The smallest absolute Gasteiger partial charge is 0.224 e. The van der Waals surface area contributed by atoms with E-state index >= 15 is 0 Å². The molecule has 0 bridgehead atoms. The van der Waals surface area contributed by atoms with E-state index in [2.05, 4.69) is 10.3 Å². The molecule has 4 nitrogen and oxygen atoms in total. The number of carbonyl (C=O) groups is 1. The number of aromatic nitrogens is 1. The molecule has 3 N–H and O–H groups in total. The molecule has 82 valence electrons. The summed E-state index contributed by atoms with van der Waals surface area (Å²) < 4.78 is 0. The lowest BCUT2D eigenvalue weighted by Gasteiger charge is -2.10. The van der Waals surface area contributed by atoms with Crippen LogP contribution in [0.3, 0.4) is 0 Å². The zero-order valence-electron chi connectivity index (χ0n) is 9.16. The van der Waals surface area contributed by atoms with Crippen LogP contribution in [-0.4, -0.2) is 17.4 Å². The normalized spacial score (nSPS) is 12.2. The SMILES string of the molecule is Cc1ccncc1CNC(=O)C(C)CN. The molecule has 1 rings (SSSR count). The van der Waals surface area contributed by atoms with Crippen LogP contribution in [0.25, 0.3) is 0 Å². The number of amides is 1. The number of pyridine rings is 1. The van der Waals surface area contributed by atoms with E-state index in [1.807, 2.05) is 19.9 Å². The van der Waals surface area contributed by atoms with Crippen LogP contribution >= 0.6 is 0 Å². The molecule has 0 aliphatic heterocycles. The highest BCUT2D eigenvalue weighted by atomic mass is 16.1. The Labute approximate surface area is 89.9 Å². The number of nitrogens with one attached hydrogen (secondary N) is 1. The third-order valence-electron chi connectivity index (χ3n) is 2.40. The molecule has 1 aromatic rings. The molecule has 1 atom stereocenters. The van der Waals surface area contributed by atoms with Gasteiger partial charge in [-0.3, -0.25) is 9.78 Å². The van der Waals surface area contributed by atoms with Crippen LogP contribution in [0.1, 0.15) is 18.1 Å². The first-order valence-corrected chi connectivity index (χ1v) is 5.02. The Bertz CT molecular complexity index is 338. The minimum Gasteiger partial charge on any atom is -0.352 e. The van der Waals surface area contributed by atoms with Crippen LogP contribution in [0.15, 0.2) is 18.5 Å². The van der Waals surface area contributed by atoms with Gasteiger partial charge in [0.15, 0.2) is 0 Å². The third kappa shape index (κ3) is 3.32. The van der Waals surface area contributed by atoms with Crippen molar-refractivity contribution in [3.63, 3.8) is 0 Å². The van der Waals surface area contributed by atoms with Crippen molar-refractivity contribution in [3.8, 4) is 0 Å². The van der Waals surface area contributed by atoms with Crippen molar-refractivity contribution >= 4 is 5.91 Å². The van der Waals surface area contributed by atoms with Crippen molar-refractivity contribution < 1.29 is 4.79 Å². The number of hydrogen-bond donors (Lipinski definition) is 2. The molecule has 1 amide bonds. The van der Waals surface area contributed by atoms with E-state index in [0.717, 1.165) is 11.1 Å². The molecule has 0 saturated heterocycles. The summed E-state index contributed by atoms with van der Waals surface area (Å²) in [5.74, 6) is -0.150. The number of rotatable bonds is 4. The maximum absolute atomic E-state index is 11.4. The number of aryl methyl sites for hydroxylation is 1. The Morgan fingerprint density at radius 3 is 3.00 bits per heavy atom. The van der Waals surface area contributed by atoms with E-state index in [1.165, 1.54) is 0 Å². The second-order valence-corrected chi connectivity index (χ2v) is 3.66. The predicted octanol–water partition coefficient (Wildman–Crippen LogP) is 0.601. The van der Waals surface area contributed by atoms with E-state index in [1.54, 1.807) is 12.4 Å². The molecule has 0 radical (unpaired) electrons. The summed E-state index contributed by atoms with van der Waals surface area (Å²) >= 11 is 0. The van der Waals surface area contributed by atoms with Gasteiger partial charge in [-0.1, -0.05) is 6.92 Å². The molecule has 0 aliphatic carbocycles. The van der Waals surface area contributed by atoms with Crippen LogP contribution < -0.4 is 11.1 Å². The molecule has 15 heavy (non-hydrogen) atoms. The summed E-state index contributed by atoms with van der Waals surface area (Å²) in [6, 6.07) is 1.92. The number of carbonyl (C=O) groups excluding carboxylic acids is 1. The fourth-order valence-electron chi connectivity index (χ4n) is 1.15. The van der Waals surface area contributed by atoms with Gasteiger partial charge in [-0.25, -0.2) is 0 Å². The highest BCUT2D eigenvalue weighted by Crippen LogP contribution is 2.04. The fraction of sp³-hybridized carbons (Fsp3) is 0.455. The third-order valence-corrected chi connectivity index (χ3v) is 2.40. The van der Waals surface area contributed by atoms with Crippen molar-refractivity contribution in [2.75, 3.05) is 6.54 Å². The molecule has 0 aromatic carbocycles. The largest absolute Gasteiger partial charge is 0.352 e. The zero-order valence-corrected chi connectivity index (χ0v) is 9.16. The standard InChI is InChI=1S/C11H17N3O/c1-8-3-4-13-6-10(8)7-14-11(15)9(2)5-12/h3-4,6,9H,5,7,12H2,1-2H3,(H,14,15). The van der Waals surface area contributed by atoms with Gasteiger partial charge in [0.05, 0.1) is 0 Å². The average molecular weight is 207 g/mol. The maximum Gasteiger partial charge on any atom is 0.224 e. The zero-order chi connectivity index (χ0) is 11.3. The second-order valence-electron chi connectivity index (χ2n) is 3.66. The predicted molar refractivity (Wildman–Crippen MR) is 59.0 cm³/mol. The van der Waals surface area contributed by atoms with Crippen molar-refractivity contribution in [1.82, 2.24) is 10.3 Å². The molecule has 4 heteroatoms. The van der Waals surface area contributed by atoms with Crippen LogP contribution in [0.2, 0.25) is 0 Å². The van der Waals surface area contributed by atoms with Gasteiger partial charge >= 0.3 is 0 Å². The van der Waals surface area contributed by atoms with Crippen LogP contribution in [0.5, 0.6) is 0 Å². The lowest BCUT2D eigenvalue weighted by Crippen LogP contribution is -2.32. The summed E-state index contributed by atoms with van der Waals surface area (Å²) in [5, 5.41) is 2.83. The summed E-state index contributed by atoms with van der Waals surface area (Å²) in [6.45, 7) is 4.70. The Morgan fingerprint density at radius 1 is 1.67 bits per heavy atom. The first kappa shape index (κ1) is 11.7. The van der Waals surface area contributed by atoms with Crippen LogP contribution in [0, 0.1) is 12.8 Å². The van der Waals surface area contributed by atoms with Gasteiger partial charge in [0.25, 0.3) is 0 Å². The number of nitrogens with two attached hydrogens (primary N) is 1. The summed E-state index contributed by atoms with van der Waals surface area (Å²) in [7, 11) is 0. The van der Waals surface area contributed by atoms with Gasteiger partial charge in [-0.2, -0.15) is 0 Å². The average Bonchev–Trinajstić information content (AvgIpc) is 2.26. The lowest BCUT2D eigenvalue weighted by molar-refractivity contribution is -0.124. The molecule has 0 aliphatic rings. The van der Waals surface area contributed by atoms with Gasteiger partial charge in [0, 0.05) is 31.4 Å².